The Kier molecular flexibility index (Phi) is 3.81. The number of benzene rings is 2. The van der Waals surface area contributed by atoms with Gasteiger partial charge < -0.3 is 10.1 Å². The SMILES string of the molecule is CNC(c1cc(C)cc(Br)c1)c1ccc2c(c1)CCO2. The molecule has 0 spiro atoms. The molecule has 0 saturated heterocycles. The van der Waals surface area contributed by atoms with Gasteiger partial charge in [0.25, 0.3) is 0 Å². The van der Waals surface area contributed by atoms with Crippen molar-refractivity contribution in [3.8, 4) is 5.75 Å². The summed E-state index contributed by atoms with van der Waals surface area (Å²) in [5, 5.41) is 3.42. The fraction of sp³-hybridized carbons (Fsp3) is 0.294. The number of halogens is 1. The highest BCUT2D eigenvalue weighted by atomic mass is 79.9. The third-order valence-corrected chi connectivity index (χ3v) is 4.19. The van der Waals surface area contributed by atoms with E-state index in [-0.39, 0.29) is 6.04 Å². The first kappa shape index (κ1) is 13.7. The van der Waals surface area contributed by atoms with Gasteiger partial charge in [-0.25, -0.2) is 0 Å². The van der Waals surface area contributed by atoms with E-state index in [9.17, 15) is 0 Å². The molecule has 1 N–H and O–H groups in total. The van der Waals surface area contributed by atoms with E-state index in [0.717, 1.165) is 23.2 Å². The van der Waals surface area contributed by atoms with Crippen LogP contribution in [0, 0.1) is 6.92 Å². The van der Waals surface area contributed by atoms with Crippen molar-refractivity contribution in [1.82, 2.24) is 5.32 Å². The van der Waals surface area contributed by atoms with Crippen molar-refractivity contribution in [2.75, 3.05) is 13.7 Å². The van der Waals surface area contributed by atoms with Crippen LogP contribution in [0.15, 0.2) is 40.9 Å². The van der Waals surface area contributed by atoms with Crippen LogP contribution < -0.4 is 10.1 Å². The number of rotatable bonds is 3. The minimum atomic E-state index is 0.206. The summed E-state index contributed by atoms with van der Waals surface area (Å²) >= 11 is 3.58. The van der Waals surface area contributed by atoms with Gasteiger partial charge in [0.1, 0.15) is 5.75 Å². The first-order valence-corrected chi connectivity index (χ1v) is 7.66. The summed E-state index contributed by atoms with van der Waals surface area (Å²) in [4.78, 5) is 0. The van der Waals surface area contributed by atoms with Crippen LogP contribution in [-0.4, -0.2) is 13.7 Å². The Morgan fingerprint density at radius 3 is 2.75 bits per heavy atom. The molecule has 1 unspecified atom stereocenters. The van der Waals surface area contributed by atoms with Gasteiger partial charge in [0.05, 0.1) is 12.6 Å². The van der Waals surface area contributed by atoms with Crippen LogP contribution in [0.5, 0.6) is 5.75 Å². The summed E-state index contributed by atoms with van der Waals surface area (Å²) in [6.07, 6.45) is 1.01. The van der Waals surface area contributed by atoms with Crippen molar-refractivity contribution in [3.63, 3.8) is 0 Å². The second-order valence-corrected chi connectivity index (χ2v) is 6.16. The summed E-state index contributed by atoms with van der Waals surface area (Å²) in [6.45, 7) is 2.93. The van der Waals surface area contributed by atoms with Crippen molar-refractivity contribution in [2.24, 2.45) is 0 Å². The molecule has 1 heterocycles. The molecule has 0 radical (unpaired) electrons. The van der Waals surface area contributed by atoms with Gasteiger partial charge in [-0.05, 0) is 54.4 Å². The van der Waals surface area contributed by atoms with Crippen molar-refractivity contribution in [3.05, 3.63) is 63.1 Å². The normalized spacial score (nSPS) is 14.8. The van der Waals surface area contributed by atoms with Gasteiger partial charge in [-0.1, -0.05) is 34.1 Å². The summed E-state index contributed by atoms with van der Waals surface area (Å²) in [6, 6.07) is 13.3. The van der Waals surface area contributed by atoms with E-state index in [4.69, 9.17) is 4.74 Å². The van der Waals surface area contributed by atoms with Crippen LogP contribution in [0.1, 0.15) is 28.3 Å². The molecule has 1 aliphatic rings. The molecule has 104 valence electrons. The molecule has 2 aromatic carbocycles. The second kappa shape index (κ2) is 5.58. The minimum Gasteiger partial charge on any atom is -0.493 e. The highest BCUT2D eigenvalue weighted by molar-refractivity contribution is 9.10. The number of fused-ring (bicyclic) bond motifs is 1. The average Bonchev–Trinajstić information content (AvgIpc) is 2.86. The van der Waals surface area contributed by atoms with Crippen LogP contribution in [-0.2, 0) is 6.42 Å². The zero-order valence-corrected chi connectivity index (χ0v) is 13.3. The number of hydrogen-bond acceptors (Lipinski definition) is 2. The second-order valence-electron chi connectivity index (χ2n) is 5.25. The Morgan fingerprint density at radius 2 is 2.00 bits per heavy atom. The number of hydrogen-bond donors (Lipinski definition) is 1. The molecule has 0 aromatic heterocycles. The van der Waals surface area contributed by atoms with E-state index in [1.165, 1.54) is 22.3 Å². The molecule has 1 atom stereocenters. The monoisotopic (exact) mass is 331 g/mol. The summed E-state index contributed by atoms with van der Waals surface area (Å²) in [7, 11) is 2.00. The smallest absolute Gasteiger partial charge is 0.122 e. The van der Waals surface area contributed by atoms with Gasteiger partial charge in [-0.3, -0.25) is 0 Å². The average molecular weight is 332 g/mol. The van der Waals surface area contributed by atoms with E-state index >= 15 is 0 Å². The Labute approximate surface area is 128 Å². The third-order valence-electron chi connectivity index (χ3n) is 3.73. The van der Waals surface area contributed by atoms with Crippen LogP contribution in [0.3, 0.4) is 0 Å². The maximum atomic E-state index is 5.58. The molecule has 0 fully saturated rings. The standard InChI is InChI=1S/C17H18BrNO/c1-11-7-14(10-15(18)8-11)17(19-2)13-3-4-16-12(9-13)5-6-20-16/h3-4,7-10,17,19H,5-6H2,1-2H3. The predicted molar refractivity (Wildman–Crippen MR) is 85.4 cm³/mol. The molecule has 1 aliphatic heterocycles. The zero-order valence-electron chi connectivity index (χ0n) is 11.7. The largest absolute Gasteiger partial charge is 0.493 e. The van der Waals surface area contributed by atoms with E-state index < -0.39 is 0 Å². The molecule has 20 heavy (non-hydrogen) atoms. The summed E-state index contributed by atoms with van der Waals surface area (Å²) in [5.74, 6) is 1.04. The van der Waals surface area contributed by atoms with Crippen LogP contribution >= 0.6 is 15.9 Å². The lowest BCUT2D eigenvalue weighted by atomic mass is 9.95. The molecule has 3 heteroatoms. The van der Waals surface area contributed by atoms with Crippen molar-refractivity contribution >= 4 is 15.9 Å². The third kappa shape index (κ3) is 2.60. The number of nitrogens with one attached hydrogen (secondary N) is 1. The Hall–Kier alpha value is -1.32. The van der Waals surface area contributed by atoms with Crippen molar-refractivity contribution in [1.29, 1.82) is 0 Å². The first-order chi connectivity index (χ1) is 9.67. The zero-order chi connectivity index (χ0) is 14.1. The fourth-order valence-electron chi connectivity index (χ4n) is 2.84. The molecule has 2 nitrogen and oxygen atoms in total. The van der Waals surface area contributed by atoms with Crippen LogP contribution in [0.4, 0.5) is 0 Å². The van der Waals surface area contributed by atoms with Crippen LogP contribution in [0.2, 0.25) is 0 Å². The van der Waals surface area contributed by atoms with Crippen molar-refractivity contribution in [2.45, 2.75) is 19.4 Å². The maximum Gasteiger partial charge on any atom is 0.122 e. The minimum absolute atomic E-state index is 0.206. The van der Waals surface area contributed by atoms with Gasteiger partial charge in [0.15, 0.2) is 0 Å². The lowest BCUT2D eigenvalue weighted by Gasteiger charge is -2.19. The molecule has 3 rings (SSSR count). The van der Waals surface area contributed by atoms with Gasteiger partial charge >= 0.3 is 0 Å². The Bertz CT molecular complexity index is 619. The fourth-order valence-corrected chi connectivity index (χ4v) is 3.47. The number of aryl methyl sites for hydroxylation is 1. The number of ether oxygens (including phenoxy) is 1. The lowest BCUT2D eigenvalue weighted by Crippen LogP contribution is -2.18. The Balaban J connectivity index is 2.01. The molecule has 2 aromatic rings. The molecule has 0 aliphatic carbocycles. The highest BCUT2D eigenvalue weighted by Gasteiger charge is 2.17. The molecular weight excluding hydrogens is 314 g/mol. The summed E-state index contributed by atoms with van der Waals surface area (Å²) in [5.41, 5.74) is 5.14. The van der Waals surface area contributed by atoms with Gasteiger partial charge in [-0.2, -0.15) is 0 Å². The molecule has 0 saturated carbocycles. The Morgan fingerprint density at radius 1 is 1.15 bits per heavy atom. The van der Waals surface area contributed by atoms with Crippen LogP contribution in [0.25, 0.3) is 0 Å². The molecule has 0 amide bonds. The molecule has 0 bridgehead atoms. The highest BCUT2D eigenvalue weighted by Crippen LogP contribution is 2.31. The van der Waals surface area contributed by atoms with E-state index in [1.807, 2.05) is 7.05 Å². The maximum absolute atomic E-state index is 5.58. The summed E-state index contributed by atoms with van der Waals surface area (Å²) < 4.78 is 6.71. The lowest BCUT2D eigenvalue weighted by molar-refractivity contribution is 0.357. The quantitative estimate of drug-likeness (QED) is 0.917. The van der Waals surface area contributed by atoms with E-state index in [0.29, 0.717) is 0 Å². The van der Waals surface area contributed by atoms with Crippen molar-refractivity contribution < 1.29 is 4.74 Å². The van der Waals surface area contributed by atoms with Gasteiger partial charge in [-0.15, -0.1) is 0 Å². The predicted octanol–water partition coefficient (Wildman–Crippen LogP) is 4.00. The van der Waals surface area contributed by atoms with E-state index in [2.05, 4.69) is 64.6 Å². The van der Waals surface area contributed by atoms with Gasteiger partial charge in [0, 0.05) is 10.9 Å². The first-order valence-electron chi connectivity index (χ1n) is 6.87. The van der Waals surface area contributed by atoms with E-state index in [1.54, 1.807) is 0 Å². The van der Waals surface area contributed by atoms with Gasteiger partial charge in [0.2, 0.25) is 0 Å². The molecular formula is C17H18BrNO. The topological polar surface area (TPSA) is 21.3 Å².